The van der Waals surface area contributed by atoms with Gasteiger partial charge >= 0.3 is 5.97 Å². The van der Waals surface area contributed by atoms with Crippen LogP contribution in [0.25, 0.3) is 0 Å². The third-order valence-electron chi connectivity index (χ3n) is 1.10. The molecule has 0 aromatic heterocycles. The topological polar surface area (TPSA) is 64.3 Å². The summed E-state index contributed by atoms with van der Waals surface area (Å²) in [5.41, 5.74) is 0. The van der Waals surface area contributed by atoms with E-state index in [0.29, 0.717) is 6.42 Å². The number of hydrogen-bond donors (Lipinski definition) is 2. The second-order valence-corrected chi connectivity index (χ2v) is 1.88. The first-order valence-corrected chi connectivity index (χ1v) is 2.77. The minimum Gasteiger partial charge on any atom is -0.373 e. The highest BCUT2D eigenvalue weighted by atomic mass is 16.7. The molecule has 1 atom stereocenters. The molecule has 54 valence electrons. The predicted molar refractivity (Wildman–Crippen MR) is 33.4 cm³/mol. The summed E-state index contributed by atoms with van der Waals surface area (Å²) in [4.78, 5) is 14.3. The summed E-state index contributed by atoms with van der Waals surface area (Å²) in [5.74, 6) is 4.21. The smallest absolute Gasteiger partial charge is 0.325 e. The minimum atomic E-state index is -0.392. The number of rotatable bonds is 3. The fourth-order valence-electron chi connectivity index (χ4n) is 0.400. The molecule has 0 saturated heterocycles. The summed E-state index contributed by atoms with van der Waals surface area (Å²) >= 11 is 0. The van der Waals surface area contributed by atoms with Crippen molar-refractivity contribution in [3.8, 4) is 0 Å². The number of carbonyl (C=O) groups is 1. The van der Waals surface area contributed by atoms with Crippen LogP contribution in [0.3, 0.4) is 0 Å². The van der Waals surface area contributed by atoms with Gasteiger partial charge in [-0.15, -0.1) is 0 Å². The summed E-state index contributed by atoms with van der Waals surface area (Å²) in [6, 6.07) is 0.126. The Hall–Kier alpha value is -0.610. The Morgan fingerprint density at radius 2 is 2.44 bits per heavy atom. The molecular formula is C5H12N2O2. The van der Waals surface area contributed by atoms with Crippen molar-refractivity contribution in [1.82, 2.24) is 5.32 Å². The third kappa shape index (κ3) is 3.93. The molecule has 4 nitrogen and oxygen atoms in total. The van der Waals surface area contributed by atoms with Gasteiger partial charge in [-0.05, 0) is 14.0 Å². The maximum Gasteiger partial charge on any atom is 0.325 e. The molecule has 3 N–H and O–H groups in total. The average Bonchev–Trinajstić information content (AvgIpc) is 1.87. The van der Waals surface area contributed by atoms with Crippen LogP contribution in [0.1, 0.15) is 13.3 Å². The van der Waals surface area contributed by atoms with E-state index in [4.69, 9.17) is 0 Å². The van der Waals surface area contributed by atoms with Gasteiger partial charge in [-0.2, -0.15) is 5.90 Å². The molecule has 0 aromatic carbocycles. The molecule has 0 saturated carbocycles. The molecule has 0 amide bonds. The zero-order valence-electron chi connectivity index (χ0n) is 5.68. The molecule has 0 aliphatic carbocycles. The van der Waals surface area contributed by atoms with E-state index in [2.05, 4.69) is 16.1 Å². The summed E-state index contributed by atoms with van der Waals surface area (Å²) in [7, 11) is 1.77. The highest BCUT2D eigenvalue weighted by Crippen LogP contribution is 1.89. The quantitative estimate of drug-likeness (QED) is 0.503. The molecule has 0 aromatic rings. The van der Waals surface area contributed by atoms with E-state index in [-0.39, 0.29) is 6.04 Å². The molecule has 4 heteroatoms. The fourth-order valence-corrected chi connectivity index (χ4v) is 0.400. The Labute approximate surface area is 54.3 Å². The van der Waals surface area contributed by atoms with Gasteiger partial charge in [0.1, 0.15) is 0 Å². The van der Waals surface area contributed by atoms with Crippen molar-refractivity contribution in [2.75, 3.05) is 7.05 Å². The molecule has 0 aliphatic heterocycles. The van der Waals surface area contributed by atoms with E-state index in [1.807, 2.05) is 6.92 Å². The van der Waals surface area contributed by atoms with E-state index in [1.165, 1.54) is 0 Å². The molecule has 0 bridgehead atoms. The lowest BCUT2D eigenvalue weighted by Gasteiger charge is -2.05. The van der Waals surface area contributed by atoms with E-state index in [1.54, 1.807) is 7.05 Å². The van der Waals surface area contributed by atoms with Crippen molar-refractivity contribution < 1.29 is 9.63 Å². The predicted octanol–water partition coefficient (Wildman–Crippen LogP) is -0.599. The molecule has 9 heavy (non-hydrogen) atoms. The maximum absolute atomic E-state index is 10.4. The molecule has 0 unspecified atom stereocenters. The molecular weight excluding hydrogens is 120 g/mol. The van der Waals surface area contributed by atoms with Gasteiger partial charge in [0.25, 0.3) is 0 Å². The van der Waals surface area contributed by atoms with Gasteiger partial charge in [0.2, 0.25) is 0 Å². The summed E-state index contributed by atoms with van der Waals surface area (Å²) in [5, 5.41) is 2.87. The molecule has 0 radical (unpaired) electrons. The second kappa shape index (κ2) is 4.29. The lowest BCUT2D eigenvalue weighted by Crippen LogP contribution is -2.26. The first-order valence-electron chi connectivity index (χ1n) is 2.77. The van der Waals surface area contributed by atoms with Crippen LogP contribution in [0.2, 0.25) is 0 Å². The third-order valence-corrected chi connectivity index (χ3v) is 1.10. The standard InChI is InChI=1S/C5H12N2O2/c1-4(7-2)3-5(8)9-6/h4,7H,3,6H2,1-2H3/t4-/m0/s1. The van der Waals surface area contributed by atoms with Crippen LogP contribution in [-0.2, 0) is 9.63 Å². The van der Waals surface area contributed by atoms with E-state index >= 15 is 0 Å². The van der Waals surface area contributed by atoms with E-state index in [9.17, 15) is 4.79 Å². The van der Waals surface area contributed by atoms with Crippen LogP contribution < -0.4 is 11.2 Å². The lowest BCUT2D eigenvalue weighted by molar-refractivity contribution is -0.144. The van der Waals surface area contributed by atoms with Gasteiger partial charge in [0.05, 0.1) is 6.42 Å². The van der Waals surface area contributed by atoms with Gasteiger partial charge in [0, 0.05) is 6.04 Å². The molecule has 0 spiro atoms. The second-order valence-electron chi connectivity index (χ2n) is 1.88. The van der Waals surface area contributed by atoms with Crippen LogP contribution in [0.4, 0.5) is 0 Å². The van der Waals surface area contributed by atoms with Gasteiger partial charge in [0.15, 0.2) is 0 Å². The lowest BCUT2D eigenvalue weighted by atomic mass is 10.2. The van der Waals surface area contributed by atoms with Crippen molar-refractivity contribution in [3.63, 3.8) is 0 Å². The average molecular weight is 132 g/mol. The van der Waals surface area contributed by atoms with Gasteiger partial charge in [-0.1, -0.05) is 0 Å². The first kappa shape index (κ1) is 8.39. The highest BCUT2D eigenvalue weighted by molar-refractivity contribution is 5.69. The summed E-state index contributed by atoms with van der Waals surface area (Å²) < 4.78 is 0. The molecule has 0 aliphatic rings. The molecule has 0 rings (SSSR count). The number of nitrogens with one attached hydrogen (secondary N) is 1. The Morgan fingerprint density at radius 1 is 1.89 bits per heavy atom. The number of hydrogen-bond acceptors (Lipinski definition) is 4. The maximum atomic E-state index is 10.4. The van der Waals surface area contributed by atoms with Crippen molar-refractivity contribution in [2.45, 2.75) is 19.4 Å². The summed E-state index contributed by atoms with van der Waals surface area (Å²) in [6.07, 6.45) is 0.312. The van der Waals surface area contributed by atoms with Gasteiger partial charge < -0.3 is 10.2 Å². The fraction of sp³-hybridized carbons (Fsp3) is 0.800. The Kier molecular flexibility index (Phi) is 4.00. The van der Waals surface area contributed by atoms with Crippen LogP contribution in [0.5, 0.6) is 0 Å². The van der Waals surface area contributed by atoms with Crippen LogP contribution in [-0.4, -0.2) is 19.1 Å². The van der Waals surface area contributed by atoms with Crippen molar-refractivity contribution in [1.29, 1.82) is 0 Å². The summed E-state index contributed by atoms with van der Waals surface area (Å²) in [6.45, 7) is 1.87. The zero-order chi connectivity index (χ0) is 7.28. The highest BCUT2D eigenvalue weighted by Gasteiger charge is 2.05. The van der Waals surface area contributed by atoms with Gasteiger partial charge in [-0.25, -0.2) is 0 Å². The molecule has 0 heterocycles. The largest absolute Gasteiger partial charge is 0.373 e. The monoisotopic (exact) mass is 132 g/mol. The van der Waals surface area contributed by atoms with Crippen LogP contribution in [0.15, 0.2) is 0 Å². The SMILES string of the molecule is CN[C@@H](C)CC(=O)ON. The number of nitrogens with two attached hydrogens (primary N) is 1. The van der Waals surface area contributed by atoms with Crippen LogP contribution >= 0.6 is 0 Å². The Morgan fingerprint density at radius 3 is 2.78 bits per heavy atom. The molecule has 0 fully saturated rings. The normalized spacial score (nSPS) is 12.8. The van der Waals surface area contributed by atoms with Crippen molar-refractivity contribution in [2.24, 2.45) is 5.90 Å². The van der Waals surface area contributed by atoms with E-state index < -0.39 is 5.97 Å². The van der Waals surface area contributed by atoms with E-state index in [0.717, 1.165) is 0 Å². The number of carbonyl (C=O) groups excluding carboxylic acids is 1. The Bertz CT molecular complexity index is 95.0. The first-order chi connectivity index (χ1) is 4.20. The van der Waals surface area contributed by atoms with Gasteiger partial charge in [-0.3, -0.25) is 4.79 Å². The van der Waals surface area contributed by atoms with Crippen molar-refractivity contribution >= 4 is 5.97 Å². The van der Waals surface area contributed by atoms with Crippen LogP contribution in [0, 0.1) is 0 Å². The minimum absolute atomic E-state index is 0.126. The Balaban J connectivity index is 3.34. The van der Waals surface area contributed by atoms with Crippen molar-refractivity contribution in [3.05, 3.63) is 0 Å². The zero-order valence-corrected chi connectivity index (χ0v) is 5.68.